The van der Waals surface area contributed by atoms with Gasteiger partial charge in [-0.1, -0.05) is 5.16 Å². The third kappa shape index (κ3) is 1.98. The molecule has 0 spiro atoms. The van der Waals surface area contributed by atoms with Crippen molar-refractivity contribution in [2.45, 2.75) is 6.54 Å². The third-order valence-electron chi connectivity index (χ3n) is 1.57. The largest absolute Gasteiger partial charge is 0.363 e. The molecule has 1 N–H and O–H groups in total. The summed E-state index contributed by atoms with van der Waals surface area (Å²) < 4.78 is 6.09. The number of anilines is 1. The standard InChI is InChI=1S/C8H8N4O2/c13-8(6-12-4-1-3-9-12)10-7-2-5-14-11-7/h1-5H,6H2,(H,10,11,13). The predicted octanol–water partition coefficient (Wildman–Crippen LogP) is 0.510. The molecule has 0 aromatic carbocycles. The fourth-order valence-corrected chi connectivity index (χ4v) is 1.00. The molecule has 0 bridgehead atoms. The minimum atomic E-state index is -0.192. The maximum Gasteiger partial charge on any atom is 0.247 e. The van der Waals surface area contributed by atoms with E-state index in [4.69, 9.17) is 0 Å². The second-order valence-corrected chi connectivity index (χ2v) is 2.64. The van der Waals surface area contributed by atoms with E-state index in [-0.39, 0.29) is 12.5 Å². The molecule has 0 atom stereocenters. The maximum atomic E-state index is 11.3. The molecule has 2 rings (SSSR count). The Hall–Kier alpha value is -2.11. The molecule has 14 heavy (non-hydrogen) atoms. The van der Waals surface area contributed by atoms with Gasteiger partial charge in [0.2, 0.25) is 5.91 Å². The SMILES string of the molecule is O=C(Cn1cccn1)Nc1ccon1. The molecular formula is C8H8N4O2. The molecule has 0 saturated heterocycles. The molecule has 1 amide bonds. The van der Waals surface area contributed by atoms with Gasteiger partial charge in [0.15, 0.2) is 5.82 Å². The second-order valence-electron chi connectivity index (χ2n) is 2.64. The fourth-order valence-electron chi connectivity index (χ4n) is 1.00. The van der Waals surface area contributed by atoms with Crippen LogP contribution in [0.4, 0.5) is 5.82 Å². The lowest BCUT2D eigenvalue weighted by Crippen LogP contribution is -2.19. The first-order chi connectivity index (χ1) is 6.84. The Balaban J connectivity index is 1.91. The molecular weight excluding hydrogens is 184 g/mol. The van der Waals surface area contributed by atoms with E-state index in [0.717, 1.165) is 0 Å². The summed E-state index contributed by atoms with van der Waals surface area (Å²) in [5, 5.41) is 10.0. The zero-order chi connectivity index (χ0) is 9.80. The van der Waals surface area contributed by atoms with E-state index in [0.29, 0.717) is 5.82 Å². The van der Waals surface area contributed by atoms with E-state index in [1.54, 1.807) is 24.5 Å². The van der Waals surface area contributed by atoms with E-state index in [1.165, 1.54) is 10.9 Å². The number of hydrogen-bond acceptors (Lipinski definition) is 4. The lowest BCUT2D eigenvalue weighted by Gasteiger charge is -2.00. The van der Waals surface area contributed by atoms with Crippen molar-refractivity contribution in [1.82, 2.24) is 14.9 Å². The summed E-state index contributed by atoms with van der Waals surface area (Å²) in [5.41, 5.74) is 0. The molecule has 2 aromatic rings. The Morgan fingerprint density at radius 1 is 1.64 bits per heavy atom. The number of carbonyl (C=O) groups is 1. The Morgan fingerprint density at radius 3 is 3.21 bits per heavy atom. The van der Waals surface area contributed by atoms with Gasteiger partial charge in [0.05, 0.1) is 0 Å². The van der Waals surface area contributed by atoms with Crippen LogP contribution in [-0.2, 0) is 11.3 Å². The quantitative estimate of drug-likeness (QED) is 0.768. The summed E-state index contributed by atoms with van der Waals surface area (Å²) in [4.78, 5) is 11.3. The Labute approximate surface area is 79.5 Å². The molecule has 0 aliphatic rings. The van der Waals surface area contributed by atoms with Crippen molar-refractivity contribution in [2.75, 3.05) is 5.32 Å². The lowest BCUT2D eigenvalue weighted by molar-refractivity contribution is -0.116. The highest BCUT2D eigenvalue weighted by atomic mass is 16.5. The van der Waals surface area contributed by atoms with Crippen molar-refractivity contribution in [3.8, 4) is 0 Å². The smallest absolute Gasteiger partial charge is 0.247 e. The van der Waals surface area contributed by atoms with Gasteiger partial charge in [-0.15, -0.1) is 0 Å². The number of nitrogens with one attached hydrogen (secondary N) is 1. The first kappa shape index (κ1) is 8.49. The van der Waals surface area contributed by atoms with E-state index in [9.17, 15) is 4.79 Å². The summed E-state index contributed by atoms with van der Waals surface area (Å²) in [7, 11) is 0. The van der Waals surface area contributed by atoms with Gasteiger partial charge in [-0.25, -0.2) is 0 Å². The molecule has 0 radical (unpaired) electrons. The second kappa shape index (κ2) is 3.73. The average Bonchev–Trinajstić information content (AvgIpc) is 2.76. The summed E-state index contributed by atoms with van der Waals surface area (Å²) in [5.74, 6) is 0.213. The van der Waals surface area contributed by atoms with Crippen LogP contribution in [0.1, 0.15) is 0 Å². The van der Waals surface area contributed by atoms with Crippen molar-refractivity contribution in [2.24, 2.45) is 0 Å². The van der Waals surface area contributed by atoms with E-state index < -0.39 is 0 Å². The molecule has 0 aliphatic heterocycles. The Kier molecular flexibility index (Phi) is 2.26. The fraction of sp³-hybridized carbons (Fsp3) is 0.125. The minimum Gasteiger partial charge on any atom is -0.363 e. The zero-order valence-electron chi connectivity index (χ0n) is 7.25. The van der Waals surface area contributed by atoms with Gasteiger partial charge in [0, 0.05) is 18.5 Å². The topological polar surface area (TPSA) is 73.0 Å². The zero-order valence-corrected chi connectivity index (χ0v) is 7.25. The highest BCUT2D eigenvalue weighted by Crippen LogP contribution is 2.00. The van der Waals surface area contributed by atoms with E-state index >= 15 is 0 Å². The van der Waals surface area contributed by atoms with Crippen LogP contribution in [-0.4, -0.2) is 20.8 Å². The number of hydrogen-bond donors (Lipinski definition) is 1. The Morgan fingerprint density at radius 2 is 2.57 bits per heavy atom. The van der Waals surface area contributed by atoms with Crippen LogP contribution >= 0.6 is 0 Å². The minimum absolute atomic E-state index is 0.167. The molecule has 2 aromatic heterocycles. The highest BCUT2D eigenvalue weighted by Gasteiger charge is 2.04. The molecule has 0 saturated carbocycles. The van der Waals surface area contributed by atoms with Crippen LogP contribution in [0.3, 0.4) is 0 Å². The average molecular weight is 192 g/mol. The van der Waals surface area contributed by atoms with E-state index in [1.807, 2.05) is 0 Å². The van der Waals surface area contributed by atoms with Crippen LogP contribution in [0.25, 0.3) is 0 Å². The van der Waals surface area contributed by atoms with Gasteiger partial charge >= 0.3 is 0 Å². The van der Waals surface area contributed by atoms with Crippen molar-refractivity contribution in [3.05, 3.63) is 30.8 Å². The number of aromatic nitrogens is 3. The van der Waals surface area contributed by atoms with Crippen molar-refractivity contribution in [3.63, 3.8) is 0 Å². The predicted molar refractivity (Wildman–Crippen MR) is 47.4 cm³/mol. The summed E-state index contributed by atoms with van der Waals surface area (Å²) in [6, 6.07) is 3.32. The summed E-state index contributed by atoms with van der Waals surface area (Å²) in [6.45, 7) is 0.167. The molecule has 0 unspecified atom stereocenters. The first-order valence-electron chi connectivity index (χ1n) is 4.02. The lowest BCUT2D eigenvalue weighted by atomic mass is 10.5. The Bertz CT molecular complexity index is 355. The number of amides is 1. The molecule has 6 heteroatoms. The monoisotopic (exact) mass is 192 g/mol. The number of nitrogens with zero attached hydrogens (tertiary/aromatic N) is 3. The highest BCUT2D eigenvalue weighted by molar-refractivity contribution is 5.89. The van der Waals surface area contributed by atoms with Crippen molar-refractivity contribution < 1.29 is 9.32 Å². The molecule has 0 aliphatic carbocycles. The maximum absolute atomic E-state index is 11.3. The summed E-state index contributed by atoms with van der Waals surface area (Å²) in [6.07, 6.45) is 4.72. The van der Waals surface area contributed by atoms with Crippen LogP contribution in [0, 0.1) is 0 Å². The van der Waals surface area contributed by atoms with Crippen LogP contribution < -0.4 is 5.32 Å². The number of carbonyl (C=O) groups excluding carboxylic acids is 1. The molecule has 2 heterocycles. The van der Waals surface area contributed by atoms with Crippen LogP contribution in [0.5, 0.6) is 0 Å². The third-order valence-corrected chi connectivity index (χ3v) is 1.57. The van der Waals surface area contributed by atoms with Gasteiger partial charge < -0.3 is 9.84 Å². The number of rotatable bonds is 3. The van der Waals surface area contributed by atoms with Gasteiger partial charge in [0.1, 0.15) is 12.8 Å². The van der Waals surface area contributed by atoms with Crippen molar-refractivity contribution >= 4 is 11.7 Å². The van der Waals surface area contributed by atoms with Gasteiger partial charge in [-0.3, -0.25) is 9.48 Å². The first-order valence-corrected chi connectivity index (χ1v) is 4.02. The molecule has 72 valence electrons. The van der Waals surface area contributed by atoms with Gasteiger partial charge in [-0.05, 0) is 6.07 Å². The summed E-state index contributed by atoms with van der Waals surface area (Å²) >= 11 is 0. The van der Waals surface area contributed by atoms with E-state index in [2.05, 4.69) is 20.1 Å². The van der Waals surface area contributed by atoms with Gasteiger partial charge in [-0.2, -0.15) is 5.10 Å². The normalized spacial score (nSPS) is 10.0. The van der Waals surface area contributed by atoms with Crippen LogP contribution in [0.15, 0.2) is 35.3 Å². The van der Waals surface area contributed by atoms with Gasteiger partial charge in [0.25, 0.3) is 0 Å². The molecule has 0 fully saturated rings. The van der Waals surface area contributed by atoms with Crippen molar-refractivity contribution in [1.29, 1.82) is 0 Å². The van der Waals surface area contributed by atoms with Crippen LogP contribution in [0.2, 0.25) is 0 Å². The molecule has 6 nitrogen and oxygen atoms in total.